The largest absolute Gasteiger partial charge is 0.496 e. The first-order valence-electron chi connectivity index (χ1n) is 9.60. The molecule has 7 nitrogen and oxygen atoms in total. The van der Waals surface area contributed by atoms with Crippen LogP contribution < -0.4 is 10.1 Å². The van der Waals surface area contributed by atoms with E-state index in [0.717, 1.165) is 30.7 Å². The second kappa shape index (κ2) is 9.91. The van der Waals surface area contributed by atoms with Crippen LogP contribution in [0.25, 0.3) is 0 Å². The van der Waals surface area contributed by atoms with Crippen LogP contribution in [-0.2, 0) is 14.8 Å². The lowest BCUT2D eigenvalue weighted by Crippen LogP contribution is -2.53. The molecular weight excluding hydrogens is 402 g/mol. The van der Waals surface area contributed by atoms with E-state index in [0.29, 0.717) is 19.6 Å². The van der Waals surface area contributed by atoms with Crippen molar-refractivity contribution in [2.75, 3.05) is 45.6 Å². The van der Waals surface area contributed by atoms with E-state index < -0.39 is 10.0 Å². The summed E-state index contributed by atoms with van der Waals surface area (Å²) in [4.78, 5) is 15.2. The van der Waals surface area contributed by atoms with Gasteiger partial charge in [-0.1, -0.05) is 18.2 Å². The monoisotopic (exact) mass is 431 g/mol. The highest BCUT2D eigenvalue weighted by Gasteiger charge is 2.37. The van der Waals surface area contributed by atoms with Gasteiger partial charge in [0, 0.05) is 38.3 Å². The maximum atomic E-state index is 13.3. The lowest BCUT2D eigenvalue weighted by Gasteiger charge is -2.40. The highest BCUT2D eigenvalue weighted by atomic mass is 35.5. The standard InChI is InChI=1S/C19H29N3O4S.ClH/c1-3-27(24,25)21-11-6-7-15(14-21)19(23)22-12-10-20-13-17(22)16-8-4-5-9-18(16)26-2;/h4-5,8-9,15,17,20H,3,6-7,10-14H2,1-2H3;1H. The molecule has 2 heterocycles. The molecule has 9 heteroatoms. The smallest absolute Gasteiger partial charge is 0.227 e. The molecule has 2 fully saturated rings. The maximum absolute atomic E-state index is 13.3. The zero-order chi connectivity index (χ0) is 19.4. The van der Waals surface area contributed by atoms with Crippen molar-refractivity contribution < 1.29 is 17.9 Å². The van der Waals surface area contributed by atoms with Crippen molar-refractivity contribution >= 4 is 28.3 Å². The molecule has 2 aliphatic heterocycles. The van der Waals surface area contributed by atoms with E-state index >= 15 is 0 Å². The molecule has 0 aliphatic carbocycles. The zero-order valence-electron chi connectivity index (χ0n) is 16.5. The van der Waals surface area contributed by atoms with Crippen LogP contribution in [0, 0.1) is 5.92 Å². The molecule has 1 N–H and O–H groups in total. The SMILES string of the molecule is CCS(=O)(=O)N1CCCC(C(=O)N2CCNCC2c2ccccc2OC)C1.Cl. The summed E-state index contributed by atoms with van der Waals surface area (Å²) < 4.78 is 31.5. The van der Waals surface area contributed by atoms with Crippen molar-refractivity contribution in [3.05, 3.63) is 29.8 Å². The van der Waals surface area contributed by atoms with Crippen LogP contribution in [0.5, 0.6) is 5.75 Å². The van der Waals surface area contributed by atoms with Gasteiger partial charge in [0.2, 0.25) is 15.9 Å². The highest BCUT2D eigenvalue weighted by molar-refractivity contribution is 7.89. The van der Waals surface area contributed by atoms with Crippen LogP contribution >= 0.6 is 12.4 Å². The number of amides is 1. The number of nitrogens with zero attached hydrogens (tertiary/aromatic N) is 2. The van der Waals surface area contributed by atoms with Crippen molar-refractivity contribution in [2.24, 2.45) is 5.92 Å². The van der Waals surface area contributed by atoms with E-state index in [9.17, 15) is 13.2 Å². The van der Waals surface area contributed by atoms with Gasteiger partial charge < -0.3 is 15.0 Å². The third kappa shape index (κ3) is 4.79. The van der Waals surface area contributed by atoms with Crippen LogP contribution in [0.2, 0.25) is 0 Å². The molecule has 1 aromatic rings. The van der Waals surface area contributed by atoms with Gasteiger partial charge in [-0.3, -0.25) is 4.79 Å². The number of hydrogen-bond donors (Lipinski definition) is 1. The van der Waals surface area contributed by atoms with Gasteiger partial charge in [-0.25, -0.2) is 12.7 Å². The summed E-state index contributed by atoms with van der Waals surface area (Å²) in [6, 6.07) is 7.65. The first-order valence-corrected chi connectivity index (χ1v) is 11.2. The van der Waals surface area contributed by atoms with Crippen LogP contribution in [0.3, 0.4) is 0 Å². The summed E-state index contributed by atoms with van der Waals surface area (Å²) in [5, 5.41) is 3.36. The van der Waals surface area contributed by atoms with E-state index in [2.05, 4.69) is 5.32 Å². The Hall–Kier alpha value is -1.35. The number of piperidine rings is 1. The molecule has 3 rings (SSSR count). The summed E-state index contributed by atoms with van der Waals surface area (Å²) in [5.74, 6) is 0.604. The number of benzene rings is 1. The Balaban J connectivity index is 0.00000280. The van der Waals surface area contributed by atoms with Crippen LogP contribution in [0.15, 0.2) is 24.3 Å². The molecule has 2 unspecified atom stereocenters. The van der Waals surface area contributed by atoms with Crippen LogP contribution in [-0.4, -0.2) is 69.1 Å². The van der Waals surface area contributed by atoms with Crippen molar-refractivity contribution in [3.63, 3.8) is 0 Å². The van der Waals surface area contributed by atoms with Crippen LogP contribution in [0.1, 0.15) is 31.4 Å². The number of ether oxygens (including phenoxy) is 1. The minimum atomic E-state index is -3.26. The molecule has 0 bridgehead atoms. The fraction of sp³-hybridized carbons (Fsp3) is 0.632. The normalized spacial score (nSPS) is 23.7. The Labute approximate surface area is 173 Å². The quantitative estimate of drug-likeness (QED) is 0.766. The summed E-state index contributed by atoms with van der Waals surface area (Å²) in [7, 11) is -1.63. The number of halogens is 1. The molecular formula is C19H30ClN3O4S. The van der Waals surface area contributed by atoms with Crippen molar-refractivity contribution in [3.8, 4) is 5.75 Å². The summed E-state index contributed by atoms with van der Waals surface area (Å²) in [6.07, 6.45) is 1.46. The van der Waals surface area contributed by atoms with Gasteiger partial charge in [-0.15, -0.1) is 12.4 Å². The first kappa shape index (κ1) is 22.9. The number of rotatable bonds is 5. The van der Waals surface area contributed by atoms with E-state index in [1.807, 2.05) is 29.2 Å². The van der Waals surface area contributed by atoms with Gasteiger partial charge in [0.15, 0.2) is 0 Å². The number of carbonyl (C=O) groups excluding carboxylic acids is 1. The molecule has 2 atom stereocenters. The second-order valence-corrected chi connectivity index (χ2v) is 9.35. The number of hydrogen-bond acceptors (Lipinski definition) is 5. The molecule has 0 spiro atoms. The third-order valence-corrected chi connectivity index (χ3v) is 7.36. The van der Waals surface area contributed by atoms with Gasteiger partial charge in [-0.2, -0.15) is 0 Å². The van der Waals surface area contributed by atoms with Gasteiger partial charge >= 0.3 is 0 Å². The second-order valence-electron chi connectivity index (χ2n) is 7.09. The average molecular weight is 432 g/mol. The topological polar surface area (TPSA) is 79.0 Å². The minimum absolute atomic E-state index is 0. The molecule has 2 saturated heterocycles. The molecule has 2 aliphatic rings. The predicted molar refractivity (Wildman–Crippen MR) is 111 cm³/mol. The number of carbonyl (C=O) groups is 1. The fourth-order valence-corrected chi connectivity index (χ4v) is 5.18. The first-order chi connectivity index (χ1) is 13.0. The Morgan fingerprint density at radius 3 is 2.75 bits per heavy atom. The molecule has 0 aromatic heterocycles. The number of methoxy groups -OCH3 is 1. The number of nitrogens with one attached hydrogen (secondary N) is 1. The fourth-order valence-electron chi connectivity index (χ4n) is 4.00. The molecule has 1 amide bonds. The molecule has 158 valence electrons. The lowest BCUT2D eigenvalue weighted by molar-refractivity contribution is -0.140. The number of piperazine rings is 1. The number of sulfonamides is 1. The van der Waals surface area contributed by atoms with E-state index in [4.69, 9.17) is 4.74 Å². The Kier molecular flexibility index (Phi) is 8.12. The van der Waals surface area contributed by atoms with Gasteiger partial charge in [0.05, 0.1) is 24.8 Å². The molecule has 0 radical (unpaired) electrons. The van der Waals surface area contributed by atoms with Crippen molar-refractivity contribution in [1.29, 1.82) is 0 Å². The molecule has 0 saturated carbocycles. The van der Waals surface area contributed by atoms with Gasteiger partial charge in [0.25, 0.3) is 0 Å². The Morgan fingerprint density at radius 2 is 2.04 bits per heavy atom. The van der Waals surface area contributed by atoms with Crippen molar-refractivity contribution in [1.82, 2.24) is 14.5 Å². The Morgan fingerprint density at radius 1 is 1.29 bits per heavy atom. The predicted octanol–water partition coefficient (Wildman–Crippen LogP) is 1.65. The van der Waals surface area contributed by atoms with E-state index in [-0.39, 0.29) is 42.6 Å². The molecule has 1 aromatic carbocycles. The minimum Gasteiger partial charge on any atom is -0.496 e. The van der Waals surface area contributed by atoms with Crippen molar-refractivity contribution in [2.45, 2.75) is 25.8 Å². The summed E-state index contributed by atoms with van der Waals surface area (Å²) in [5.41, 5.74) is 0.981. The third-order valence-electron chi connectivity index (χ3n) is 5.52. The van der Waals surface area contributed by atoms with E-state index in [1.54, 1.807) is 14.0 Å². The lowest BCUT2D eigenvalue weighted by atomic mass is 9.95. The van der Waals surface area contributed by atoms with E-state index in [1.165, 1.54) is 4.31 Å². The Bertz CT molecular complexity index is 774. The maximum Gasteiger partial charge on any atom is 0.227 e. The molecule has 28 heavy (non-hydrogen) atoms. The van der Waals surface area contributed by atoms with Gasteiger partial charge in [0.1, 0.15) is 5.75 Å². The zero-order valence-corrected chi connectivity index (χ0v) is 18.1. The van der Waals surface area contributed by atoms with Gasteiger partial charge in [-0.05, 0) is 25.8 Å². The number of para-hydroxylation sites is 1. The summed E-state index contributed by atoms with van der Waals surface area (Å²) in [6.45, 7) is 4.46. The van der Waals surface area contributed by atoms with Crippen LogP contribution in [0.4, 0.5) is 0 Å². The highest BCUT2D eigenvalue weighted by Crippen LogP contribution is 2.32. The summed E-state index contributed by atoms with van der Waals surface area (Å²) >= 11 is 0. The average Bonchev–Trinajstić information content (AvgIpc) is 2.73.